The van der Waals surface area contributed by atoms with Gasteiger partial charge in [0.25, 0.3) is 0 Å². The highest BCUT2D eigenvalue weighted by Gasteiger charge is 2.32. The maximum Gasteiger partial charge on any atom is 0.433 e. The quantitative estimate of drug-likeness (QED) is 0.785. The van der Waals surface area contributed by atoms with E-state index in [1.165, 1.54) is 18.3 Å². The lowest BCUT2D eigenvalue weighted by atomic mass is 10.3. The molecule has 0 aliphatic rings. The minimum atomic E-state index is -4.45. The van der Waals surface area contributed by atoms with Gasteiger partial charge in [-0.2, -0.15) is 18.3 Å². The van der Waals surface area contributed by atoms with Crippen molar-refractivity contribution in [3.05, 3.63) is 35.7 Å². The molecule has 0 unspecified atom stereocenters. The van der Waals surface area contributed by atoms with Crippen molar-refractivity contribution in [1.29, 1.82) is 0 Å². The van der Waals surface area contributed by atoms with Crippen LogP contribution in [0.5, 0.6) is 0 Å². The number of halogens is 3. The lowest BCUT2D eigenvalue weighted by Gasteiger charge is -2.09. The van der Waals surface area contributed by atoms with E-state index in [-0.39, 0.29) is 12.4 Å². The first-order chi connectivity index (χ1) is 8.47. The Bertz CT molecular complexity index is 534. The van der Waals surface area contributed by atoms with Gasteiger partial charge in [0, 0.05) is 12.1 Å². The Kier molecular flexibility index (Phi) is 3.09. The Balaban J connectivity index is 2.09. The highest BCUT2D eigenvalue weighted by atomic mass is 19.4. The van der Waals surface area contributed by atoms with E-state index in [0.717, 1.165) is 6.07 Å². The van der Waals surface area contributed by atoms with Crippen LogP contribution in [0.15, 0.2) is 24.4 Å². The van der Waals surface area contributed by atoms with Gasteiger partial charge in [0.05, 0.1) is 6.20 Å². The number of nitrogens with one attached hydrogen (secondary N) is 2. The first kappa shape index (κ1) is 12.2. The highest BCUT2D eigenvalue weighted by molar-refractivity contribution is 5.42. The summed E-state index contributed by atoms with van der Waals surface area (Å²) < 4.78 is 37.3. The van der Waals surface area contributed by atoms with Crippen LogP contribution in [-0.4, -0.2) is 15.2 Å². The molecular weight excluding hydrogens is 247 g/mol. The summed E-state index contributed by atoms with van der Waals surface area (Å²) in [4.78, 5) is 3.47. The van der Waals surface area contributed by atoms with E-state index in [4.69, 9.17) is 5.73 Å². The van der Waals surface area contributed by atoms with Crippen LogP contribution in [0, 0.1) is 0 Å². The van der Waals surface area contributed by atoms with Crippen molar-refractivity contribution < 1.29 is 13.2 Å². The van der Waals surface area contributed by atoms with Gasteiger partial charge in [0.1, 0.15) is 17.3 Å². The summed E-state index contributed by atoms with van der Waals surface area (Å²) in [5, 5.41) is 8.98. The molecule has 0 saturated carbocycles. The van der Waals surface area contributed by atoms with Crippen LogP contribution in [0.2, 0.25) is 0 Å². The Morgan fingerprint density at radius 1 is 1.33 bits per heavy atom. The number of nitrogen functional groups attached to an aromatic ring is 1. The topological polar surface area (TPSA) is 79.6 Å². The van der Waals surface area contributed by atoms with Gasteiger partial charge in [0.2, 0.25) is 0 Å². The van der Waals surface area contributed by atoms with Crippen LogP contribution in [0.25, 0.3) is 0 Å². The van der Waals surface area contributed by atoms with Crippen LogP contribution in [0.4, 0.5) is 24.8 Å². The maximum atomic E-state index is 12.4. The first-order valence-corrected chi connectivity index (χ1v) is 5.02. The Labute approximate surface area is 100 Å². The number of aromatic amines is 1. The Morgan fingerprint density at radius 3 is 2.72 bits per heavy atom. The van der Waals surface area contributed by atoms with E-state index >= 15 is 0 Å². The van der Waals surface area contributed by atoms with E-state index < -0.39 is 11.9 Å². The van der Waals surface area contributed by atoms with E-state index in [1.807, 2.05) is 0 Å². The Morgan fingerprint density at radius 2 is 2.11 bits per heavy atom. The van der Waals surface area contributed by atoms with E-state index in [9.17, 15) is 13.2 Å². The molecule has 0 spiro atoms. The van der Waals surface area contributed by atoms with Gasteiger partial charge in [-0.15, -0.1) is 0 Å². The zero-order valence-electron chi connectivity index (χ0n) is 9.12. The molecule has 0 amide bonds. The van der Waals surface area contributed by atoms with Crippen LogP contribution in [-0.2, 0) is 12.7 Å². The summed E-state index contributed by atoms with van der Waals surface area (Å²) in [7, 11) is 0. The molecule has 0 radical (unpaired) electrons. The number of aromatic nitrogens is 3. The van der Waals surface area contributed by atoms with Crippen LogP contribution >= 0.6 is 0 Å². The molecule has 2 aromatic heterocycles. The molecule has 0 bridgehead atoms. The van der Waals surface area contributed by atoms with Gasteiger partial charge in [0.15, 0.2) is 0 Å². The number of nitrogens with zero attached hydrogens (tertiary/aromatic N) is 2. The third kappa shape index (κ3) is 2.70. The molecule has 0 fully saturated rings. The fraction of sp³-hybridized carbons (Fsp3) is 0.200. The van der Waals surface area contributed by atoms with Crippen molar-refractivity contribution in [2.75, 3.05) is 11.1 Å². The van der Waals surface area contributed by atoms with Gasteiger partial charge in [-0.1, -0.05) is 6.07 Å². The minimum absolute atomic E-state index is 0.130. The lowest BCUT2D eigenvalue weighted by molar-refractivity contribution is -0.141. The third-order valence-corrected chi connectivity index (χ3v) is 2.25. The molecule has 0 aliphatic heterocycles. The van der Waals surface area contributed by atoms with Crippen LogP contribution < -0.4 is 11.1 Å². The molecule has 0 saturated heterocycles. The SMILES string of the molecule is Nc1[nH]ncc1CNc1cccc(C(F)(F)F)n1. The molecule has 5 nitrogen and oxygen atoms in total. The molecule has 2 rings (SSSR count). The number of hydrogen-bond donors (Lipinski definition) is 3. The molecule has 0 aliphatic carbocycles. The van der Waals surface area contributed by atoms with E-state index in [0.29, 0.717) is 11.4 Å². The summed E-state index contributed by atoms with van der Waals surface area (Å²) >= 11 is 0. The monoisotopic (exact) mass is 257 g/mol. The van der Waals surface area contributed by atoms with Crippen molar-refractivity contribution >= 4 is 11.6 Å². The van der Waals surface area contributed by atoms with Crippen molar-refractivity contribution in [3.8, 4) is 0 Å². The fourth-order valence-electron chi connectivity index (χ4n) is 1.34. The molecular formula is C10H10F3N5. The largest absolute Gasteiger partial charge is 0.433 e. The summed E-state index contributed by atoms with van der Waals surface area (Å²) in [6.45, 7) is 0.247. The third-order valence-electron chi connectivity index (χ3n) is 2.25. The number of nitrogens with two attached hydrogens (primary N) is 1. The van der Waals surface area contributed by atoms with Gasteiger partial charge < -0.3 is 11.1 Å². The summed E-state index contributed by atoms with van der Waals surface area (Å²) in [6.07, 6.45) is -2.96. The smallest absolute Gasteiger partial charge is 0.384 e. The predicted octanol–water partition coefficient (Wildman–Crippen LogP) is 2.02. The molecule has 0 atom stereocenters. The van der Waals surface area contributed by atoms with Crippen LogP contribution in [0.3, 0.4) is 0 Å². The number of pyridine rings is 1. The average Bonchev–Trinajstić information content (AvgIpc) is 2.72. The minimum Gasteiger partial charge on any atom is -0.384 e. The first-order valence-electron chi connectivity index (χ1n) is 5.02. The molecule has 4 N–H and O–H groups in total. The number of rotatable bonds is 3. The molecule has 2 heterocycles. The summed E-state index contributed by atoms with van der Waals surface area (Å²) in [6, 6.07) is 3.65. The van der Waals surface area contributed by atoms with Crippen molar-refractivity contribution in [2.45, 2.75) is 12.7 Å². The highest BCUT2D eigenvalue weighted by Crippen LogP contribution is 2.28. The molecule has 0 aromatic carbocycles. The van der Waals surface area contributed by atoms with E-state index in [2.05, 4.69) is 20.5 Å². The second-order valence-electron chi connectivity index (χ2n) is 3.57. The summed E-state index contributed by atoms with van der Waals surface area (Å²) in [5.74, 6) is 0.500. The second kappa shape index (κ2) is 4.55. The van der Waals surface area contributed by atoms with Crippen molar-refractivity contribution in [3.63, 3.8) is 0 Å². The fourth-order valence-corrected chi connectivity index (χ4v) is 1.34. The van der Waals surface area contributed by atoms with Crippen LogP contribution in [0.1, 0.15) is 11.3 Å². The number of hydrogen-bond acceptors (Lipinski definition) is 4. The lowest BCUT2D eigenvalue weighted by Crippen LogP contribution is -2.10. The molecule has 96 valence electrons. The van der Waals surface area contributed by atoms with E-state index in [1.54, 1.807) is 0 Å². The van der Waals surface area contributed by atoms with Crippen molar-refractivity contribution in [1.82, 2.24) is 15.2 Å². The summed E-state index contributed by atoms with van der Waals surface area (Å²) in [5.41, 5.74) is 5.27. The van der Waals surface area contributed by atoms with Gasteiger partial charge in [-0.25, -0.2) is 4.98 Å². The number of H-pyrrole nitrogens is 1. The number of alkyl halides is 3. The van der Waals surface area contributed by atoms with Crippen molar-refractivity contribution in [2.24, 2.45) is 0 Å². The second-order valence-corrected chi connectivity index (χ2v) is 3.57. The normalized spacial score (nSPS) is 11.5. The standard InChI is InChI=1S/C10H10F3N5/c11-10(12,13)7-2-1-3-8(17-7)15-4-6-5-16-18-9(6)14/h1-3,5H,4H2,(H,15,17)(H3,14,16,18). The molecule has 8 heteroatoms. The van der Waals surface area contributed by atoms with Gasteiger partial charge >= 0.3 is 6.18 Å². The molecule has 2 aromatic rings. The Hall–Kier alpha value is -2.25. The molecule has 18 heavy (non-hydrogen) atoms. The van der Waals surface area contributed by atoms with Gasteiger partial charge in [-0.05, 0) is 12.1 Å². The zero-order valence-corrected chi connectivity index (χ0v) is 9.12. The van der Waals surface area contributed by atoms with Gasteiger partial charge in [-0.3, -0.25) is 5.10 Å². The number of anilines is 2. The predicted molar refractivity (Wildman–Crippen MR) is 59.6 cm³/mol. The zero-order chi connectivity index (χ0) is 13.2. The maximum absolute atomic E-state index is 12.4. The average molecular weight is 257 g/mol.